The molecule has 0 heterocycles. The van der Waals surface area contributed by atoms with Crippen LogP contribution < -0.4 is 16.8 Å². The Hall–Kier alpha value is -2.36. The zero-order valence-electron chi connectivity index (χ0n) is 9.57. The van der Waals surface area contributed by atoms with Gasteiger partial charge in [-0.1, -0.05) is 0 Å². The molecule has 0 aliphatic carbocycles. The van der Waals surface area contributed by atoms with Gasteiger partial charge >= 0.3 is 0 Å². The van der Waals surface area contributed by atoms with Gasteiger partial charge in [0.25, 0.3) is 0 Å². The Labute approximate surface area is 99.9 Å². The van der Waals surface area contributed by atoms with E-state index < -0.39 is 0 Å². The normalized spacial score (nSPS) is 10.2. The summed E-state index contributed by atoms with van der Waals surface area (Å²) in [6.45, 7) is 0. The summed E-state index contributed by atoms with van der Waals surface area (Å²) in [6.07, 6.45) is 0. The molecule has 4 nitrogen and oxygen atoms in total. The molecule has 0 aliphatic heterocycles. The average Bonchev–Trinajstić information content (AvgIpc) is 2.27. The Morgan fingerprint density at radius 2 is 1.76 bits per heavy atom. The second kappa shape index (κ2) is 4.25. The first-order valence-electron chi connectivity index (χ1n) is 5.27. The number of nitrogens with two attached hydrogens (primary N) is 2. The maximum Gasteiger partial charge on any atom is 0.118 e. The molecule has 0 fully saturated rings. The highest BCUT2D eigenvalue weighted by Gasteiger charge is 2.06. The standard InChI is InChI=1S/C13H15N3O/c1-16-13-3-2-9(14)7-12(13)8-4-10(15)6-11(17)5-8/h2-7,16-17H,14-15H2,1H3. The lowest BCUT2D eigenvalue weighted by Crippen LogP contribution is -1.95. The molecule has 0 unspecified atom stereocenters. The molecule has 4 heteroatoms. The molecule has 0 radical (unpaired) electrons. The van der Waals surface area contributed by atoms with Gasteiger partial charge in [-0.3, -0.25) is 0 Å². The maximum atomic E-state index is 9.56. The number of rotatable bonds is 2. The zero-order valence-corrected chi connectivity index (χ0v) is 9.57. The van der Waals surface area contributed by atoms with E-state index >= 15 is 0 Å². The minimum atomic E-state index is 0.143. The molecule has 0 aliphatic rings. The largest absolute Gasteiger partial charge is 0.508 e. The third kappa shape index (κ3) is 2.25. The summed E-state index contributed by atoms with van der Waals surface area (Å²) in [6, 6.07) is 10.5. The lowest BCUT2D eigenvalue weighted by Gasteiger charge is -2.11. The summed E-state index contributed by atoms with van der Waals surface area (Å²) in [5.74, 6) is 0.143. The molecule has 0 spiro atoms. The number of phenols is 1. The van der Waals surface area contributed by atoms with Crippen molar-refractivity contribution in [1.82, 2.24) is 0 Å². The summed E-state index contributed by atoms with van der Waals surface area (Å²) in [5, 5.41) is 12.6. The van der Waals surface area contributed by atoms with Crippen molar-refractivity contribution in [3.63, 3.8) is 0 Å². The van der Waals surface area contributed by atoms with E-state index in [0.717, 1.165) is 16.8 Å². The fourth-order valence-electron chi connectivity index (χ4n) is 1.81. The van der Waals surface area contributed by atoms with Gasteiger partial charge in [0.15, 0.2) is 0 Å². The van der Waals surface area contributed by atoms with E-state index in [0.29, 0.717) is 11.4 Å². The number of nitrogens with one attached hydrogen (secondary N) is 1. The second-order valence-electron chi connectivity index (χ2n) is 3.87. The van der Waals surface area contributed by atoms with Gasteiger partial charge in [-0.15, -0.1) is 0 Å². The number of phenolic OH excluding ortho intramolecular Hbond substituents is 1. The van der Waals surface area contributed by atoms with Crippen LogP contribution in [0.25, 0.3) is 11.1 Å². The number of nitrogen functional groups attached to an aromatic ring is 2. The van der Waals surface area contributed by atoms with Crippen LogP contribution in [-0.4, -0.2) is 12.2 Å². The quantitative estimate of drug-likeness (QED) is 0.595. The van der Waals surface area contributed by atoms with Crippen molar-refractivity contribution in [1.29, 1.82) is 0 Å². The molecule has 0 amide bonds. The minimum Gasteiger partial charge on any atom is -0.508 e. The highest BCUT2D eigenvalue weighted by molar-refractivity contribution is 5.82. The smallest absolute Gasteiger partial charge is 0.118 e. The molecule has 88 valence electrons. The van der Waals surface area contributed by atoms with E-state index in [9.17, 15) is 5.11 Å². The van der Waals surface area contributed by atoms with E-state index in [1.165, 1.54) is 6.07 Å². The summed E-state index contributed by atoms with van der Waals surface area (Å²) in [7, 11) is 1.83. The number of hydrogen-bond acceptors (Lipinski definition) is 4. The first-order valence-corrected chi connectivity index (χ1v) is 5.27. The summed E-state index contributed by atoms with van der Waals surface area (Å²) < 4.78 is 0. The molecule has 17 heavy (non-hydrogen) atoms. The van der Waals surface area contributed by atoms with Crippen molar-refractivity contribution in [3.05, 3.63) is 36.4 Å². The Morgan fingerprint density at radius 1 is 1.00 bits per heavy atom. The number of aromatic hydroxyl groups is 1. The molecule has 2 aromatic carbocycles. The van der Waals surface area contributed by atoms with Gasteiger partial charge in [0, 0.05) is 35.7 Å². The lowest BCUT2D eigenvalue weighted by atomic mass is 10.0. The molecule has 0 aromatic heterocycles. The van der Waals surface area contributed by atoms with E-state index in [2.05, 4.69) is 5.32 Å². The Bertz CT molecular complexity index is 532. The Balaban J connectivity index is 2.62. The number of anilines is 3. The van der Waals surface area contributed by atoms with Crippen LogP contribution in [0, 0.1) is 0 Å². The Kier molecular flexibility index (Phi) is 2.78. The van der Waals surface area contributed by atoms with Gasteiger partial charge in [-0.2, -0.15) is 0 Å². The van der Waals surface area contributed by atoms with E-state index in [1.807, 2.05) is 25.2 Å². The molecular weight excluding hydrogens is 214 g/mol. The topological polar surface area (TPSA) is 84.3 Å². The highest BCUT2D eigenvalue weighted by Crippen LogP contribution is 2.33. The van der Waals surface area contributed by atoms with Crippen LogP contribution in [-0.2, 0) is 0 Å². The summed E-state index contributed by atoms with van der Waals surface area (Å²) in [4.78, 5) is 0. The van der Waals surface area contributed by atoms with E-state index in [4.69, 9.17) is 11.5 Å². The molecule has 6 N–H and O–H groups in total. The molecule has 2 rings (SSSR count). The van der Waals surface area contributed by atoms with Gasteiger partial charge in [-0.25, -0.2) is 0 Å². The van der Waals surface area contributed by atoms with Crippen LogP contribution in [0.1, 0.15) is 0 Å². The molecular formula is C13H15N3O. The first-order chi connectivity index (χ1) is 8.10. The van der Waals surface area contributed by atoms with Gasteiger partial charge in [0.1, 0.15) is 5.75 Å². The average molecular weight is 229 g/mol. The Morgan fingerprint density at radius 3 is 2.41 bits per heavy atom. The fourth-order valence-corrected chi connectivity index (χ4v) is 1.81. The third-order valence-electron chi connectivity index (χ3n) is 2.56. The molecule has 0 bridgehead atoms. The summed E-state index contributed by atoms with van der Waals surface area (Å²) >= 11 is 0. The summed E-state index contributed by atoms with van der Waals surface area (Å²) in [5.41, 5.74) is 15.4. The number of benzene rings is 2. The third-order valence-corrected chi connectivity index (χ3v) is 2.56. The van der Waals surface area contributed by atoms with Crippen molar-refractivity contribution in [2.75, 3.05) is 23.8 Å². The molecule has 0 saturated carbocycles. The van der Waals surface area contributed by atoms with E-state index in [1.54, 1.807) is 12.1 Å². The fraction of sp³-hybridized carbons (Fsp3) is 0.0769. The monoisotopic (exact) mass is 229 g/mol. The predicted octanol–water partition coefficient (Wildman–Crippen LogP) is 2.27. The van der Waals surface area contributed by atoms with E-state index in [-0.39, 0.29) is 5.75 Å². The van der Waals surface area contributed by atoms with Gasteiger partial charge in [0.2, 0.25) is 0 Å². The first kappa shape index (κ1) is 11.1. The van der Waals surface area contributed by atoms with Crippen molar-refractivity contribution < 1.29 is 5.11 Å². The number of hydrogen-bond donors (Lipinski definition) is 4. The van der Waals surface area contributed by atoms with Crippen molar-refractivity contribution in [3.8, 4) is 16.9 Å². The van der Waals surface area contributed by atoms with Gasteiger partial charge in [-0.05, 0) is 35.9 Å². The van der Waals surface area contributed by atoms with Crippen molar-refractivity contribution >= 4 is 17.1 Å². The maximum absolute atomic E-state index is 9.56. The van der Waals surface area contributed by atoms with Crippen molar-refractivity contribution in [2.24, 2.45) is 0 Å². The predicted molar refractivity (Wildman–Crippen MR) is 71.9 cm³/mol. The van der Waals surface area contributed by atoms with Crippen LogP contribution in [0.15, 0.2) is 36.4 Å². The van der Waals surface area contributed by atoms with Crippen LogP contribution >= 0.6 is 0 Å². The van der Waals surface area contributed by atoms with Gasteiger partial charge in [0.05, 0.1) is 0 Å². The molecule has 2 aromatic rings. The lowest BCUT2D eigenvalue weighted by molar-refractivity contribution is 0.476. The SMILES string of the molecule is CNc1ccc(N)cc1-c1cc(N)cc(O)c1. The van der Waals surface area contributed by atoms with Crippen LogP contribution in [0.2, 0.25) is 0 Å². The molecule has 0 atom stereocenters. The second-order valence-corrected chi connectivity index (χ2v) is 3.87. The van der Waals surface area contributed by atoms with Crippen molar-refractivity contribution in [2.45, 2.75) is 0 Å². The van der Waals surface area contributed by atoms with Crippen LogP contribution in [0.4, 0.5) is 17.1 Å². The molecule has 0 saturated heterocycles. The highest BCUT2D eigenvalue weighted by atomic mass is 16.3. The van der Waals surface area contributed by atoms with Crippen LogP contribution in [0.5, 0.6) is 5.75 Å². The minimum absolute atomic E-state index is 0.143. The van der Waals surface area contributed by atoms with Gasteiger partial charge < -0.3 is 21.9 Å². The zero-order chi connectivity index (χ0) is 12.4. The van der Waals surface area contributed by atoms with Crippen LogP contribution in [0.3, 0.4) is 0 Å².